The summed E-state index contributed by atoms with van der Waals surface area (Å²) in [6.07, 6.45) is 1.07. The molecule has 5 heteroatoms. The Hall–Kier alpha value is -0.870. The minimum Gasteiger partial charge on any atom is -0.397 e. The quantitative estimate of drug-likeness (QED) is 0.631. The molecule has 0 unspecified atom stereocenters. The lowest BCUT2D eigenvalue weighted by molar-refractivity contribution is -0.113. The van der Waals surface area contributed by atoms with Gasteiger partial charge in [0.1, 0.15) is 0 Å². The predicted octanol–water partition coefficient (Wildman–Crippen LogP) is 3.00. The molecule has 0 heterocycles. The molecule has 1 aromatic carbocycles. The van der Waals surface area contributed by atoms with E-state index in [4.69, 9.17) is 17.3 Å². The van der Waals surface area contributed by atoms with E-state index in [0.29, 0.717) is 22.2 Å². The van der Waals surface area contributed by atoms with Crippen LogP contribution in [-0.2, 0) is 4.79 Å². The first-order valence-corrected chi connectivity index (χ1v) is 6.59. The SMILES string of the molecule is CCCSCC(=O)Nc1cc(Cl)ccc1N. The van der Waals surface area contributed by atoms with Crippen LogP contribution in [0.4, 0.5) is 11.4 Å². The second kappa shape index (κ2) is 6.66. The van der Waals surface area contributed by atoms with Crippen LogP contribution in [0, 0.1) is 0 Å². The van der Waals surface area contributed by atoms with Crippen LogP contribution in [0.2, 0.25) is 5.02 Å². The number of nitrogens with two attached hydrogens (primary N) is 1. The maximum atomic E-state index is 11.5. The average molecular weight is 259 g/mol. The molecule has 0 aliphatic heterocycles. The lowest BCUT2D eigenvalue weighted by Crippen LogP contribution is -2.15. The Morgan fingerprint density at radius 2 is 2.31 bits per heavy atom. The van der Waals surface area contributed by atoms with Gasteiger partial charge in [-0.05, 0) is 30.4 Å². The molecule has 88 valence electrons. The van der Waals surface area contributed by atoms with Crippen molar-refractivity contribution in [3.63, 3.8) is 0 Å². The summed E-state index contributed by atoms with van der Waals surface area (Å²) in [6, 6.07) is 5.02. The van der Waals surface area contributed by atoms with E-state index < -0.39 is 0 Å². The van der Waals surface area contributed by atoms with Crippen molar-refractivity contribution in [2.75, 3.05) is 22.6 Å². The molecule has 0 spiro atoms. The third-order valence-corrected chi connectivity index (χ3v) is 3.27. The van der Waals surface area contributed by atoms with Gasteiger partial charge < -0.3 is 11.1 Å². The largest absolute Gasteiger partial charge is 0.397 e. The summed E-state index contributed by atoms with van der Waals surface area (Å²) in [7, 11) is 0. The van der Waals surface area contributed by atoms with Crippen molar-refractivity contribution < 1.29 is 4.79 Å². The summed E-state index contributed by atoms with van der Waals surface area (Å²) in [4.78, 5) is 11.5. The molecular formula is C11H15ClN2OS. The van der Waals surface area contributed by atoms with Gasteiger partial charge in [0.15, 0.2) is 0 Å². The van der Waals surface area contributed by atoms with Crippen molar-refractivity contribution in [1.29, 1.82) is 0 Å². The summed E-state index contributed by atoms with van der Waals surface area (Å²) >= 11 is 7.42. The molecule has 16 heavy (non-hydrogen) atoms. The average Bonchev–Trinajstić information content (AvgIpc) is 2.24. The van der Waals surface area contributed by atoms with Crippen LogP contribution in [0.15, 0.2) is 18.2 Å². The monoisotopic (exact) mass is 258 g/mol. The van der Waals surface area contributed by atoms with Crippen molar-refractivity contribution in [3.8, 4) is 0 Å². The van der Waals surface area contributed by atoms with Gasteiger partial charge in [-0.25, -0.2) is 0 Å². The van der Waals surface area contributed by atoms with E-state index in [-0.39, 0.29) is 5.91 Å². The summed E-state index contributed by atoms with van der Waals surface area (Å²) < 4.78 is 0. The van der Waals surface area contributed by atoms with Crippen LogP contribution in [0.25, 0.3) is 0 Å². The topological polar surface area (TPSA) is 55.1 Å². The van der Waals surface area contributed by atoms with Crippen LogP contribution >= 0.6 is 23.4 Å². The zero-order valence-electron chi connectivity index (χ0n) is 9.13. The van der Waals surface area contributed by atoms with Crippen LogP contribution in [0.1, 0.15) is 13.3 Å². The number of halogens is 1. The molecule has 1 aromatic rings. The van der Waals surface area contributed by atoms with Gasteiger partial charge in [0.05, 0.1) is 17.1 Å². The number of amides is 1. The molecule has 0 fully saturated rings. The number of nitrogen functional groups attached to an aromatic ring is 1. The molecule has 0 aliphatic rings. The summed E-state index contributed by atoms with van der Waals surface area (Å²) in [5, 5.41) is 3.30. The normalized spacial score (nSPS) is 10.1. The minimum absolute atomic E-state index is 0.0487. The molecular weight excluding hydrogens is 244 g/mol. The number of rotatable bonds is 5. The molecule has 1 rings (SSSR count). The Balaban J connectivity index is 2.52. The second-order valence-electron chi connectivity index (χ2n) is 3.33. The first-order chi connectivity index (χ1) is 7.63. The van der Waals surface area contributed by atoms with E-state index in [1.165, 1.54) is 0 Å². The van der Waals surface area contributed by atoms with E-state index in [9.17, 15) is 4.79 Å². The molecule has 3 nitrogen and oxygen atoms in total. The van der Waals surface area contributed by atoms with E-state index in [1.54, 1.807) is 30.0 Å². The van der Waals surface area contributed by atoms with E-state index in [1.807, 2.05) is 0 Å². The molecule has 0 radical (unpaired) electrons. The first-order valence-electron chi connectivity index (χ1n) is 5.06. The van der Waals surface area contributed by atoms with Crippen molar-refractivity contribution >= 4 is 40.6 Å². The molecule has 0 atom stereocenters. The number of benzene rings is 1. The van der Waals surface area contributed by atoms with Crippen LogP contribution < -0.4 is 11.1 Å². The standard InChI is InChI=1S/C11H15ClN2OS/c1-2-5-16-7-11(15)14-10-6-8(12)3-4-9(10)13/h3-4,6H,2,5,7,13H2,1H3,(H,14,15). The van der Waals surface area contributed by atoms with Gasteiger partial charge in [-0.1, -0.05) is 18.5 Å². The number of carbonyl (C=O) groups excluding carboxylic acids is 1. The molecule has 3 N–H and O–H groups in total. The molecule has 0 saturated heterocycles. The number of carbonyl (C=O) groups is 1. The van der Waals surface area contributed by atoms with Crippen molar-refractivity contribution in [2.24, 2.45) is 0 Å². The van der Waals surface area contributed by atoms with Gasteiger partial charge in [0.2, 0.25) is 5.91 Å². The first kappa shape index (κ1) is 13.2. The number of hydrogen-bond donors (Lipinski definition) is 2. The van der Waals surface area contributed by atoms with E-state index in [2.05, 4.69) is 12.2 Å². The summed E-state index contributed by atoms with van der Waals surface area (Å²) in [6.45, 7) is 2.08. The maximum Gasteiger partial charge on any atom is 0.234 e. The van der Waals surface area contributed by atoms with E-state index in [0.717, 1.165) is 12.2 Å². The Labute approximate surface area is 105 Å². The highest BCUT2D eigenvalue weighted by Gasteiger charge is 2.05. The second-order valence-corrected chi connectivity index (χ2v) is 4.87. The highest BCUT2D eigenvalue weighted by atomic mass is 35.5. The number of nitrogens with one attached hydrogen (secondary N) is 1. The zero-order valence-corrected chi connectivity index (χ0v) is 10.7. The van der Waals surface area contributed by atoms with Crippen LogP contribution in [-0.4, -0.2) is 17.4 Å². The van der Waals surface area contributed by atoms with Gasteiger partial charge in [-0.2, -0.15) is 11.8 Å². The number of anilines is 2. The van der Waals surface area contributed by atoms with Crippen molar-refractivity contribution in [1.82, 2.24) is 0 Å². The number of thioether (sulfide) groups is 1. The summed E-state index contributed by atoms with van der Waals surface area (Å²) in [5.41, 5.74) is 6.82. The van der Waals surface area contributed by atoms with E-state index >= 15 is 0 Å². The highest BCUT2D eigenvalue weighted by molar-refractivity contribution is 7.99. The fraction of sp³-hybridized carbons (Fsp3) is 0.364. The molecule has 0 saturated carbocycles. The van der Waals surface area contributed by atoms with Crippen LogP contribution in [0.3, 0.4) is 0 Å². The Bertz CT molecular complexity index is 371. The van der Waals surface area contributed by atoms with Gasteiger partial charge in [0.25, 0.3) is 0 Å². The zero-order chi connectivity index (χ0) is 12.0. The number of hydrogen-bond acceptors (Lipinski definition) is 3. The highest BCUT2D eigenvalue weighted by Crippen LogP contribution is 2.23. The van der Waals surface area contributed by atoms with Crippen molar-refractivity contribution in [2.45, 2.75) is 13.3 Å². The van der Waals surface area contributed by atoms with Gasteiger partial charge in [-0.3, -0.25) is 4.79 Å². The fourth-order valence-corrected chi connectivity index (χ4v) is 1.99. The minimum atomic E-state index is -0.0487. The van der Waals surface area contributed by atoms with Crippen LogP contribution in [0.5, 0.6) is 0 Å². The van der Waals surface area contributed by atoms with Crippen molar-refractivity contribution in [3.05, 3.63) is 23.2 Å². The smallest absolute Gasteiger partial charge is 0.234 e. The lowest BCUT2D eigenvalue weighted by Gasteiger charge is -2.08. The molecule has 1 amide bonds. The third-order valence-electron chi connectivity index (χ3n) is 1.87. The Morgan fingerprint density at radius 1 is 1.56 bits per heavy atom. The third kappa shape index (κ3) is 4.33. The lowest BCUT2D eigenvalue weighted by atomic mass is 10.2. The van der Waals surface area contributed by atoms with Gasteiger partial charge in [0, 0.05) is 5.02 Å². The predicted molar refractivity (Wildman–Crippen MR) is 72.1 cm³/mol. The fourth-order valence-electron chi connectivity index (χ4n) is 1.13. The molecule has 0 aromatic heterocycles. The molecule has 0 bridgehead atoms. The van der Waals surface area contributed by atoms with Gasteiger partial charge >= 0.3 is 0 Å². The maximum absolute atomic E-state index is 11.5. The Morgan fingerprint density at radius 3 is 3.00 bits per heavy atom. The molecule has 0 aliphatic carbocycles. The Kier molecular flexibility index (Phi) is 5.49. The van der Waals surface area contributed by atoms with Gasteiger partial charge in [-0.15, -0.1) is 0 Å². The summed E-state index contributed by atoms with van der Waals surface area (Å²) in [5.74, 6) is 1.38.